The van der Waals surface area contributed by atoms with Gasteiger partial charge in [-0.2, -0.15) is 0 Å². The van der Waals surface area contributed by atoms with Crippen LogP contribution in [-0.4, -0.2) is 42.6 Å². The van der Waals surface area contributed by atoms with Crippen molar-refractivity contribution in [1.29, 1.82) is 0 Å². The monoisotopic (exact) mass is 409 g/mol. The highest BCUT2D eigenvalue weighted by molar-refractivity contribution is 5.99. The van der Waals surface area contributed by atoms with Gasteiger partial charge in [0.2, 0.25) is 0 Å². The van der Waals surface area contributed by atoms with Crippen LogP contribution in [0.3, 0.4) is 0 Å². The zero-order valence-electron chi connectivity index (χ0n) is 17.1. The van der Waals surface area contributed by atoms with Gasteiger partial charge in [-0.3, -0.25) is 9.59 Å². The molecule has 3 aromatic rings. The van der Waals surface area contributed by atoms with E-state index in [9.17, 15) is 14.7 Å². The van der Waals surface area contributed by atoms with Gasteiger partial charge in [-0.15, -0.1) is 0 Å². The molecule has 4 rings (SSSR count). The molecule has 0 radical (unpaired) electrons. The van der Waals surface area contributed by atoms with Gasteiger partial charge in [0, 0.05) is 17.5 Å². The summed E-state index contributed by atoms with van der Waals surface area (Å²) in [6.07, 6.45) is 0.365. The number of aryl methyl sites for hydroxylation is 1. The molecule has 7 heteroatoms. The molecule has 1 aromatic heterocycles. The van der Waals surface area contributed by atoms with E-state index < -0.39 is 12.0 Å². The number of ether oxygens (including phenoxy) is 2. The Morgan fingerprint density at radius 1 is 1.17 bits per heavy atom. The average molecular weight is 409 g/mol. The molecule has 1 unspecified atom stereocenters. The Bertz CT molecular complexity index is 1130. The van der Waals surface area contributed by atoms with E-state index in [2.05, 4.69) is 0 Å². The fraction of sp³-hybridized carbons (Fsp3) is 0.304. The first kappa shape index (κ1) is 19.8. The Morgan fingerprint density at radius 3 is 2.53 bits per heavy atom. The number of carboxylic acids is 1. The summed E-state index contributed by atoms with van der Waals surface area (Å²) in [6.45, 7) is 2.23. The van der Waals surface area contributed by atoms with E-state index in [0.29, 0.717) is 30.0 Å². The molecule has 0 spiro atoms. The first-order valence-electron chi connectivity index (χ1n) is 9.70. The molecular weight excluding hydrogens is 386 g/mol. The number of para-hydroxylation sites is 1. The summed E-state index contributed by atoms with van der Waals surface area (Å²) < 4.78 is 16.6. The number of furan rings is 1. The van der Waals surface area contributed by atoms with Crippen LogP contribution in [0, 0.1) is 6.92 Å². The third-order valence-corrected chi connectivity index (χ3v) is 5.67. The Morgan fingerprint density at radius 2 is 1.87 bits per heavy atom. The van der Waals surface area contributed by atoms with Crippen LogP contribution in [0.25, 0.3) is 11.0 Å². The van der Waals surface area contributed by atoms with Crippen molar-refractivity contribution in [2.45, 2.75) is 25.8 Å². The standard InChI is InChI=1S/C23H23NO6/c1-13-15-6-4-5-7-18(15)30-22(13)23(27)24-9-8-14-10-19(28-2)20(29-3)11-16(14)17(24)12-21(25)26/h4-7,10-11,17H,8-9,12H2,1-3H3,(H,25,26). The lowest BCUT2D eigenvalue weighted by Gasteiger charge is -2.36. The fourth-order valence-electron chi connectivity index (χ4n) is 4.17. The van der Waals surface area contributed by atoms with Gasteiger partial charge >= 0.3 is 5.97 Å². The molecule has 1 atom stereocenters. The number of benzene rings is 2. The maximum absolute atomic E-state index is 13.5. The molecule has 0 bridgehead atoms. The second-order valence-electron chi connectivity index (χ2n) is 7.32. The first-order valence-corrected chi connectivity index (χ1v) is 9.70. The zero-order chi connectivity index (χ0) is 21.4. The molecule has 0 saturated heterocycles. The van der Waals surface area contributed by atoms with Gasteiger partial charge in [-0.1, -0.05) is 18.2 Å². The summed E-state index contributed by atoms with van der Waals surface area (Å²) in [7, 11) is 3.09. The number of carboxylic acid groups (broad SMARTS) is 1. The lowest BCUT2D eigenvalue weighted by atomic mass is 9.89. The molecule has 1 N–H and O–H groups in total. The average Bonchev–Trinajstić information content (AvgIpc) is 3.09. The molecule has 1 amide bonds. The number of hydrogen-bond acceptors (Lipinski definition) is 5. The highest BCUT2D eigenvalue weighted by Gasteiger charge is 2.36. The van der Waals surface area contributed by atoms with Crippen molar-refractivity contribution in [3.8, 4) is 11.5 Å². The SMILES string of the molecule is COc1cc2c(cc1OC)C(CC(=O)O)N(C(=O)c1oc3ccccc3c1C)CC2. The summed E-state index contributed by atoms with van der Waals surface area (Å²) in [4.78, 5) is 26.7. The molecule has 2 heterocycles. The maximum Gasteiger partial charge on any atom is 0.305 e. The summed E-state index contributed by atoms with van der Waals surface area (Å²) in [5.74, 6) is 0.0340. The highest BCUT2D eigenvalue weighted by atomic mass is 16.5. The van der Waals surface area contributed by atoms with Crippen molar-refractivity contribution in [2.24, 2.45) is 0 Å². The normalized spacial score (nSPS) is 15.7. The molecular formula is C23H23NO6. The van der Waals surface area contributed by atoms with Crippen molar-refractivity contribution in [3.63, 3.8) is 0 Å². The van der Waals surface area contributed by atoms with Gasteiger partial charge in [0.25, 0.3) is 5.91 Å². The number of methoxy groups -OCH3 is 2. The predicted octanol–water partition coefficient (Wildman–Crippen LogP) is 3.97. The van der Waals surface area contributed by atoms with Crippen LogP contribution >= 0.6 is 0 Å². The number of carbonyl (C=O) groups is 2. The lowest BCUT2D eigenvalue weighted by Crippen LogP contribution is -2.41. The Hall–Kier alpha value is -3.48. The second-order valence-corrected chi connectivity index (χ2v) is 7.32. The van der Waals surface area contributed by atoms with Crippen LogP contribution in [0.15, 0.2) is 40.8 Å². The number of carbonyl (C=O) groups excluding carboxylic acids is 1. The fourth-order valence-corrected chi connectivity index (χ4v) is 4.17. The van der Waals surface area contributed by atoms with Crippen LogP contribution in [-0.2, 0) is 11.2 Å². The first-order chi connectivity index (χ1) is 14.4. The largest absolute Gasteiger partial charge is 0.493 e. The topological polar surface area (TPSA) is 89.2 Å². The number of fused-ring (bicyclic) bond motifs is 2. The maximum atomic E-state index is 13.5. The highest BCUT2D eigenvalue weighted by Crippen LogP contribution is 2.40. The molecule has 2 aromatic carbocycles. The number of hydrogen-bond donors (Lipinski definition) is 1. The van der Waals surface area contributed by atoms with E-state index >= 15 is 0 Å². The van der Waals surface area contributed by atoms with Crippen LogP contribution in [0.4, 0.5) is 0 Å². The number of amides is 1. The van der Waals surface area contributed by atoms with Crippen molar-refractivity contribution in [3.05, 3.63) is 58.8 Å². The van der Waals surface area contributed by atoms with Crippen molar-refractivity contribution >= 4 is 22.8 Å². The minimum Gasteiger partial charge on any atom is -0.493 e. The van der Waals surface area contributed by atoms with E-state index in [1.807, 2.05) is 37.3 Å². The van der Waals surface area contributed by atoms with Gasteiger partial charge in [-0.25, -0.2) is 0 Å². The molecule has 7 nitrogen and oxygen atoms in total. The molecule has 0 fully saturated rings. The van der Waals surface area contributed by atoms with Crippen LogP contribution in [0.1, 0.15) is 39.7 Å². The summed E-state index contributed by atoms with van der Waals surface area (Å²) in [5, 5.41) is 10.4. The summed E-state index contributed by atoms with van der Waals surface area (Å²) >= 11 is 0. The van der Waals surface area contributed by atoms with Gasteiger partial charge in [0.15, 0.2) is 17.3 Å². The molecule has 1 aliphatic heterocycles. The molecule has 156 valence electrons. The quantitative estimate of drug-likeness (QED) is 0.686. The summed E-state index contributed by atoms with van der Waals surface area (Å²) in [5.41, 5.74) is 3.09. The van der Waals surface area contributed by atoms with Gasteiger partial charge < -0.3 is 23.9 Å². The lowest BCUT2D eigenvalue weighted by molar-refractivity contribution is -0.138. The minimum absolute atomic E-state index is 0.215. The van der Waals surface area contributed by atoms with E-state index in [0.717, 1.165) is 22.1 Å². The van der Waals surface area contributed by atoms with Crippen molar-refractivity contribution < 1.29 is 28.6 Å². The van der Waals surface area contributed by atoms with Crippen LogP contribution in [0.2, 0.25) is 0 Å². The molecule has 0 aliphatic carbocycles. The third kappa shape index (κ3) is 3.26. The van der Waals surface area contributed by atoms with Crippen molar-refractivity contribution in [1.82, 2.24) is 4.90 Å². The van der Waals surface area contributed by atoms with E-state index in [-0.39, 0.29) is 18.1 Å². The smallest absolute Gasteiger partial charge is 0.305 e. The number of rotatable bonds is 5. The second kappa shape index (κ2) is 7.74. The minimum atomic E-state index is -0.984. The Balaban J connectivity index is 1.78. The van der Waals surface area contributed by atoms with Gasteiger partial charge in [0.05, 0.1) is 26.7 Å². The van der Waals surface area contributed by atoms with E-state index in [1.165, 1.54) is 7.11 Å². The van der Waals surface area contributed by atoms with Crippen LogP contribution in [0.5, 0.6) is 11.5 Å². The summed E-state index contributed by atoms with van der Waals surface area (Å²) in [6, 6.07) is 10.5. The van der Waals surface area contributed by atoms with Crippen molar-refractivity contribution in [2.75, 3.05) is 20.8 Å². The van der Waals surface area contributed by atoms with Gasteiger partial charge in [0.1, 0.15) is 5.58 Å². The number of nitrogens with zero attached hydrogens (tertiary/aromatic N) is 1. The molecule has 30 heavy (non-hydrogen) atoms. The van der Waals surface area contributed by atoms with Crippen LogP contribution < -0.4 is 9.47 Å². The van der Waals surface area contributed by atoms with E-state index in [4.69, 9.17) is 13.9 Å². The molecule has 0 saturated carbocycles. The zero-order valence-corrected chi connectivity index (χ0v) is 17.1. The predicted molar refractivity (Wildman–Crippen MR) is 110 cm³/mol. The third-order valence-electron chi connectivity index (χ3n) is 5.67. The van der Waals surface area contributed by atoms with Gasteiger partial charge in [-0.05, 0) is 42.7 Å². The Labute approximate surface area is 173 Å². The number of aliphatic carboxylic acids is 1. The van der Waals surface area contributed by atoms with E-state index in [1.54, 1.807) is 18.1 Å². The molecule has 1 aliphatic rings. The Kier molecular flexibility index (Phi) is 5.11.